The molecule has 4 nitrogen and oxygen atoms in total. The molecule has 1 aromatic carbocycles. The lowest BCUT2D eigenvalue weighted by Gasteiger charge is -2.08. The predicted octanol–water partition coefficient (Wildman–Crippen LogP) is 3.91. The van der Waals surface area contributed by atoms with Crippen LogP contribution >= 0.6 is 0 Å². The zero-order valence-corrected chi connectivity index (χ0v) is 15.1. The molecule has 0 spiro atoms. The summed E-state index contributed by atoms with van der Waals surface area (Å²) in [6.45, 7) is 11.3. The van der Waals surface area contributed by atoms with Crippen LogP contribution in [0.3, 0.4) is 0 Å². The zero-order valence-electron chi connectivity index (χ0n) is 15.1. The molecule has 0 aliphatic carbocycles. The van der Waals surface area contributed by atoms with Gasteiger partial charge in [0.15, 0.2) is 0 Å². The number of unbranched alkanes of at least 4 members (excludes halogenated alkanes) is 1. The Kier molecular flexibility index (Phi) is 12.7. The van der Waals surface area contributed by atoms with Gasteiger partial charge in [-0.1, -0.05) is 24.8 Å². The first-order valence-electron chi connectivity index (χ1n) is 9.10. The van der Waals surface area contributed by atoms with Gasteiger partial charge in [0, 0.05) is 37.5 Å². The van der Waals surface area contributed by atoms with Gasteiger partial charge in [0.25, 0.3) is 0 Å². The molecule has 0 amide bonds. The monoisotopic (exact) mass is 331 g/mol. The topological polar surface area (TPSA) is 45.6 Å². The fourth-order valence-electron chi connectivity index (χ4n) is 2.32. The normalized spacial score (nSPS) is 11.5. The van der Waals surface area contributed by atoms with Gasteiger partial charge in [-0.2, -0.15) is 0 Å². The van der Waals surface area contributed by atoms with Crippen molar-refractivity contribution in [3.8, 4) is 0 Å². The number of allylic oxidation sites excluding steroid dienone is 1. The number of ether oxygens (including phenoxy) is 1. The number of anilines is 1. The maximum Gasteiger partial charge on any atom is 0.0521 e. The minimum atomic E-state index is 0.732. The van der Waals surface area contributed by atoms with Gasteiger partial charge in [-0.25, -0.2) is 0 Å². The maximum absolute atomic E-state index is 5.63. The molecule has 0 aromatic heterocycles. The maximum atomic E-state index is 5.63. The van der Waals surface area contributed by atoms with E-state index in [1.807, 2.05) is 19.1 Å². The summed E-state index contributed by atoms with van der Waals surface area (Å²) >= 11 is 0. The summed E-state index contributed by atoms with van der Waals surface area (Å²) in [4.78, 5) is 4.35. The molecule has 0 fully saturated rings. The Morgan fingerprint density at radius 3 is 2.58 bits per heavy atom. The van der Waals surface area contributed by atoms with Crippen molar-refractivity contribution in [2.75, 3.05) is 44.7 Å². The van der Waals surface area contributed by atoms with E-state index in [4.69, 9.17) is 4.74 Å². The van der Waals surface area contributed by atoms with Gasteiger partial charge in [-0.3, -0.25) is 4.99 Å². The van der Waals surface area contributed by atoms with Crippen molar-refractivity contribution in [3.63, 3.8) is 0 Å². The van der Waals surface area contributed by atoms with Crippen LogP contribution in [0, 0.1) is 0 Å². The van der Waals surface area contributed by atoms with Crippen LogP contribution in [0.2, 0.25) is 0 Å². The molecule has 0 aliphatic heterocycles. The average Bonchev–Trinajstić information content (AvgIpc) is 2.62. The van der Waals surface area contributed by atoms with E-state index in [1.54, 1.807) is 0 Å². The van der Waals surface area contributed by atoms with Crippen LogP contribution in [0.1, 0.15) is 32.6 Å². The van der Waals surface area contributed by atoms with Gasteiger partial charge in [0.2, 0.25) is 0 Å². The fraction of sp³-hybridized carbons (Fsp3) is 0.550. The Balaban J connectivity index is 1.82. The van der Waals surface area contributed by atoms with Gasteiger partial charge in [0.05, 0.1) is 6.61 Å². The molecule has 0 radical (unpaired) electrons. The Bertz CT molecular complexity index is 445. The Morgan fingerprint density at radius 2 is 1.83 bits per heavy atom. The van der Waals surface area contributed by atoms with Crippen molar-refractivity contribution < 1.29 is 4.74 Å². The van der Waals surface area contributed by atoms with E-state index in [0.717, 1.165) is 57.9 Å². The standard InChI is InChI=1S/C20H33N3O/c1-3-19(22-4-2)13-18-24-17-10-15-21-14-8-9-16-23-20-11-6-5-7-12-20/h3,5-7,11-12,21,23H,1,4,8-10,13-18H2,2H3. The third-order valence-corrected chi connectivity index (χ3v) is 3.62. The number of aliphatic imine (C=N–C) groups is 1. The summed E-state index contributed by atoms with van der Waals surface area (Å²) in [7, 11) is 0. The second-order valence-corrected chi connectivity index (χ2v) is 5.64. The molecule has 0 saturated carbocycles. The lowest BCUT2D eigenvalue weighted by atomic mass is 10.2. The molecule has 24 heavy (non-hydrogen) atoms. The molecule has 0 unspecified atom stereocenters. The first-order chi connectivity index (χ1) is 11.9. The first kappa shape index (κ1) is 20.4. The average molecular weight is 332 g/mol. The predicted molar refractivity (Wildman–Crippen MR) is 105 cm³/mol. The summed E-state index contributed by atoms with van der Waals surface area (Å²) < 4.78 is 5.63. The van der Waals surface area contributed by atoms with E-state index < -0.39 is 0 Å². The minimum absolute atomic E-state index is 0.732. The quantitative estimate of drug-likeness (QED) is 0.378. The summed E-state index contributed by atoms with van der Waals surface area (Å²) in [5.41, 5.74) is 2.24. The molecule has 4 heteroatoms. The van der Waals surface area contributed by atoms with Crippen LogP contribution < -0.4 is 10.6 Å². The van der Waals surface area contributed by atoms with Crippen LogP contribution in [0.5, 0.6) is 0 Å². The Labute approximate surface area is 147 Å². The molecular formula is C20H33N3O. The summed E-state index contributed by atoms with van der Waals surface area (Å²) in [5, 5.41) is 6.90. The van der Waals surface area contributed by atoms with Crippen molar-refractivity contribution in [3.05, 3.63) is 43.0 Å². The molecule has 0 atom stereocenters. The van der Waals surface area contributed by atoms with Gasteiger partial charge >= 0.3 is 0 Å². The third-order valence-electron chi connectivity index (χ3n) is 3.62. The van der Waals surface area contributed by atoms with Crippen molar-refractivity contribution in [2.45, 2.75) is 32.6 Å². The third kappa shape index (κ3) is 11.0. The molecule has 0 aliphatic rings. The van der Waals surface area contributed by atoms with Crippen molar-refractivity contribution in [1.29, 1.82) is 0 Å². The Morgan fingerprint density at radius 1 is 1.08 bits per heavy atom. The van der Waals surface area contributed by atoms with Crippen LogP contribution in [0.4, 0.5) is 5.69 Å². The smallest absolute Gasteiger partial charge is 0.0521 e. The number of nitrogens with one attached hydrogen (secondary N) is 2. The second-order valence-electron chi connectivity index (χ2n) is 5.64. The van der Waals surface area contributed by atoms with Crippen molar-refractivity contribution >= 4 is 11.4 Å². The summed E-state index contributed by atoms with van der Waals surface area (Å²) in [6, 6.07) is 10.4. The molecule has 1 aromatic rings. The fourth-order valence-corrected chi connectivity index (χ4v) is 2.32. The van der Waals surface area contributed by atoms with E-state index in [0.29, 0.717) is 0 Å². The molecular weight excluding hydrogens is 298 g/mol. The SMILES string of the molecule is C=CC(CCOCCCNCCCCNc1ccccc1)=NCC. The number of hydrogen-bond donors (Lipinski definition) is 2. The molecule has 0 bridgehead atoms. The van der Waals surface area contributed by atoms with Gasteiger partial charge in [-0.15, -0.1) is 0 Å². The van der Waals surface area contributed by atoms with Gasteiger partial charge in [0.1, 0.15) is 0 Å². The van der Waals surface area contributed by atoms with Gasteiger partial charge in [-0.05, 0) is 57.5 Å². The molecule has 1 rings (SSSR count). The van der Waals surface area contributed by atoms with Crippen LogP contribution in [0.25, 0.3) is 0 Å². The highest BCUT2D eigenvalue weighted by Crippen LogP contribution is 2.04. The first-order valence-corrected chi connectivity index (χ1v) is 9.10. The van der Waals surface area contributed by atoms with E-state index in [1.165, 1.54) is 18.5 Å². The number of hydrogen-bond acceptors (Lipinski definition) is 4. The van der Waals surface area contributed by atoms with E-state index in [9.17, 15) is 0 Å². The summed E-state index contributed by atoms with van der Waals surface area (Å²) in [5.74, 6) is 0. The van der Waals surface area contributed by atoms with Crippen LogP contribution in [-0.2, 0) is 4.74 Å². The lowest BCUT2D eigenvalue weighted by molar-refractivity contribution is 0.138. The highest BCUT2D eigenvalue weighted by molar-refractivity contribution is 5.94. The number of nitrogens with zero attached hydrogens (tertiary/aromatic N) is 1. The largest absolute Gasteiger partial charge is 0.385 e. The van der Waals surface area contributed by atoms with Crippen LogP contribution in [-0.4, -0.2) is 45.1 Å². The molecule has 2 N–H and O–H groups in total. The molecule has 134 valence electrons. The van der Waals surface area contributed by atoms with E-state index >= 15 is 0 Å². The van der Waals surface area contributed by atoms with Crippen molar-refractivity contribution in [1.82, 2.24) is 5.32 Å². The zero-order chi connectivity index (χ0) is 17.3. The molecule has 0 saturated heterocycles. The second kappa shape index (κ2) is 14.9. The highest BCUT2D eigenvalue weighted by Gasteiger charge is 1.95. The Hall–Kier alpha value is -1.65. The lowest BCUT2D eigenvalue weighted by Crippen LogP contribution is -2.19. The highest BCUT2D eigenvalue weighted by atomic mass is 16.5. The van der Waals surface area contributed by atoms with Gasteiger partial charge < -0.3 is 15.4 Å². The van der Waals surface area contributed by atoms with E-state index in [-0.39, 0.29) is 0 Å². The number of benzene rings is 1. The van der Waals surface area contributed by atoms with Crippen LogP contribution in [0.15, 0.2) is 48.0 Å². The number of rotatable bonds is 15. The van der Waals surface area contributed by atoms with Crippen molar-refractivity contribution in [2.24, 2.45) is 4.99 Å². The molecule has 0 heterocycles. The number of para-hydroxylation sites is 1. The summed E-state index contributed by atoms with van der Waals surface area (Å²) in [6.07, 6.45) is 6.10. The minimum Gasteiger partial charge on any atom is -0.385 e. The van der Waals surface area contributed by atoms with E-state index in [2.05, 4.69) is 46.5 Å².